The zero-order valence-electron chi connectivity index (χ0n) is 22.0. The SMILES string of the molecule is CC1=CCC(c2ccc(C)cc2)[C]=C1N1CCC[C@@]1(C)c1nc2cc(C)c(C)cc2n1CC1CC1. The van der Waals surface area contributed by atoms with Crippen LogP contribution in [0.1, 0.15) is 79.9 Å². The van der Waals surface area contributed by atoms with Gasteiger partial charge in [-0.15, -0.1) is 0 Å². The number of nitrogens with zero attached hydrogens (tertiary/aromatic N) is 3. The van der Waals surface area contributed by atoms with E-state index >= 15 is 0 Å². The first-order valence-corrected chi connectivity index (χ1v) is 13.5. The van der Waals surface area contributed by atoms with Gasteiger partial charge in [-0.1, -0.05) is 35.9 Å². The van der Waals surface area contributed by atoms with E-state index in [0.717, 1.165) is 37.4 Å². The quantitative estimate of drug-likeness (QED) is 0.390. The summed E-state index contributed by atoms with van der Waals surface area (Å²) in [6.07, 6.45) is 12.4. The van der Waals surface area contributed by atoms with Gasteiger partial charge >= 0.3 is 0 Å². The molecule has 2 atom stereocenters. The Labute approximate surface area is 210 Å². The van der Waals surface area contributed by atoms with Crippen LogP contribution in [-0.2, 0) is 12.1 Å². The zero-order chi connectivity index (χ0) is 24.3. The number of hydrogen-bond donors (Lipinski definition) is 0. The summed E-state index contributed by atoms with van der Waals surface area (Å²) < 4.78 is 2.58. The van der Waals surface area contributed by atoms with Gasteiger partial charge in [0.25, 0.3) is 0 Å². The molecule has 0 amide bonds. The minimum Gasteiger partial charge on any atom is -0.358 e. The Bertz CT molecular complexity index is 1340. The van der Waals surface area contributed by atoms with Crippen molar-refractivity contribution in [2.45, 2.75) is 84.7 Å². The lowest BCUT2D eigenvalue weighted by Crippen LogP contribution is -2.41. The summed E-state index contributed by atoms with van der Waals surface area (Å²) in [7, 11) is 0. The van der Waals surface area contributed by atoms with Gasteiger partial charge in [0.2, 0.25) is 0 Å². The molecule has 2 heterocycles. The maximum atomic E-state index is 5.37. The minimum atomic E-state index is -0.123. The third kappa shape index (κ3) is 3.93. The molecule has 6 rings (SSSR count). The van der Waals surface area contributed by atoms with Crippen molar-refractivity contribution < 1.29 is 0 Å². The molecule has 2 aliphatic carbocycles. The highest BCUT2D eigenvalue weighted by atomic mass is 15.3. The molecule has 3 aliphatic rings. The number of likely N-dealkylation sites (tertiary alicyclic amines) is 1. The van der Waals surface area contributed by atoms with Crippen LogP contribution in [0.25, 0.3) is 11.0 Å². The highest BCUT2D eigenvalue weighted by molar-refractivity contribution is 5.78. The van der Waals surface area contributed by atoms with Crippen LogP contribution >= 0.6 is 0 Å². The molecule has 1 aliphatic heterocycles. The second-order valence-electron chi connectivity index (χ2n) is 11.5. The molecule has 1 saturated heterocycles. The fraction of sp³-hybridized carbons (Fsp3) is 0.469. The first-order valence-electron chi connectivity index (χ1n) is 13.5. The maximum absolute atomic E-state index is 5.37. The van der Waals surface area contributed by atoms with Gasteiger partial charge in [-0.25, -0.2) is 4.98 Å². The third-order valence-electron chi connectivity index (χ3n) is 8.72. The van der Waals surface area contributed by atoms with E-state index in [4.69, 9.17) is 4.98 Å². The highest BCUT2D eigenvalue weighted by Crippen LogP contribution is 2.46. The molecule has 0 bridgehead atoms. The number of hydrogen-bond acceptors (Lipinski definition) is 2. The number of fused-ring (bicyclic) bond motifs is 1. The van der Waals surface area contributed by atoms with Crippen LogP contribution in [0.15, 0.2) is 53.7 Å². The van der Waals surface area contributed by atoms with Crippen LogP contribution < -0.4 is 0 Å². The van der Waals surface area contributed by atoms with E-state index in [1.807, 2.05) is 0 Å². The summed E-state index contributed by atoms with van der Waals surface area (Å²) in [6, 6.07) is 13.7. The molecule has 181 valence electrons. The predicted molar refractivity (Wildman–Crippen MR) is 144 cm³/mol. The van der Waals surface area contributed by atoms with Crippen molar-refractivity contribution in [3.05, 3.63) is 87.9 Å². The first-order chi connectivity index (χ1) is 16.8. The van der Waals surface area contributed by atoms with Crippen molar-refractivity contribution in [3.63, 3.8) is 0 Å². The second kappa shape index (κ2) is 8.40. The summed E-state index contributed by atoms with van der Waals surface area (Å²) in [4.78, 5) is 8.01. The third-order valence-corrected chi connectivity index (χ3v) is 8.72. The summed E-state index contributed by atoms with van der Waals surface area (Å²) >= 11 is 0. The number of allylic oxidation sites excluding steroid dienone is 3. The molecule has 1 aromatic heterocycles. The van der Waals surface area contributed by atoms with Crippen molar-refractivity contribution in [3.8, 4) is 0 Å². The van der Waals surface area contributed by atoms with E-state index in [9.17, 15) is 0 Å². The predicted octanol–water partition coefficient (Wildman–Crippen LogP) is 7.50. The number of aromatic nitrogens is 2. The Morgan fingerprint density at radius 1 is 1.03 bits per heavy atom. The van der Waals surface area contributed by atoms with Crippen molar-refractivity contribution in [1.29, 1.82) is 0 Å². The van der Waals surface area contributed by atoms with Gasteiger partial charge in [0.15, 0.2) is 0 Å². The average molecular weight is 465 g/mol. The number of aryl methyl sites for hydroxylation is 3. The van der Waals surface area contributed by atoms with E-state index in [-0.39, 0.29) is 5.54 Å². The Balaban J connectivity index is 1.44. The van der Waals surface area contributed by atoms with Crippen molar-refractivity contribution >= 4 is 11.0 Å². The largest absolute Gasteiger partial charge is 0.358 e. The lowest BCUT2D eigenvalue weighted by molar-refractivity contribution is 0.189. The molecule has 3 aromatic rings. The average Bonchev–Trinajstić information content (AvgIpc) is 3.48. The van der Waals surface area contributed by atoms with Gasteiger partial charge in [-0.3, -0.25) is 0 Å². The van der Waals surface area contributed by atoms with Crippen LogP contribution in [0, 0.1) is 32.8 Å². The van der Waals surface area contributed by atoms with E-state index in [1.165, 1.54) is 64.1 Å². The fourth-order valence-corrected chi connectivity index (χ4v) is 6.13. The summed E-state index contributed by atoms with van der Waals surface area (Å²) in [5, 5.41) is 0. The molecular weight excluding hydrogens is 426 g/mol. The lowest BCUT2D eigenvalue weighted by Gasteiger charge is -2.40. The van der Waals surface area contributed by atoms with Gasteiger partial charge in [-0.2, -0.15) is 0 Å². The molecule has 0 N–H and O–H groups in total. The Morgan fingerprint density at radius 2 is 1.77 bits per heavy atom. The molecular formula is C32H38N3. The molecule has 2 fully saturated rings. The molecule has 2 aromatic carbocycles. The van der Waals surface area contributed by atoms with Crippen LogP contribution in [-0.4, -0.2) is 21.0 Å². The van der Waals surface area contributed by atoms with Crippen LogP contribution in [0.4, 0.5) is 0 Å². The summed E-state index contributed by atoms with van der Waals surface area (Å²) in [5.74, 6) is 2.37. The van der Waals surface area contributed by atoms with Crippen LogP contribution in [0.3, 0.4) is 0 Å². The maximum Gasteiger partial charge on any atom is 0.135 e. The van der Waals surface area contributed by atoms with Crippen molar-refractivity contribution in [1.82, 2.24) is 14.5 Å². The van der Waals surface area contributed by atoms with Gasteiger partial charge < -0.3 is 9.47 Å². The topological polar surface area (TPSA) is 21.1 Å². The lowest BCUT2D eigenvalue weighted by atomic mass is 9.87. The number of imidazole rings is 1. The number of benzene rings is 2. The van der Waals surface area contributed by atoms with Crippen molar-refractivity contribution in [2.75, 3.05) is 6.54 Å². The van der Waals surface area contributed by atoms with E-state index in [2.05, 4.69) is 92.6 Å². The normalized spacial score (nSPS) is 24.7. The smallest absolute Gasteiger partial charge is 0.135 e. The molecule has 1 unspecified atom stereocenters. The molecule has 35 heavy (non-hydrogen) atoms. The first kappa shape index (κ1) is 22.6. The van der Waals surface area contributed by atoms with Gasteiger partial charge in [0.1, 0.15) is 5.82 Å². The van der Waals surface area contributed by atoms with Crippen LogP contribution in [0.2, 0.25) is 0 Å². The van der Waals surface area contributed by atoms with Gasteiger partial charge in [0.05, 0.1) is 16.6 Å². The summed E-state index contributed by atoms with van der Waals surface area (Å²) in [6.45, 7) is 13.5. The standard InChI is InChI=1S/C32H38N3/c1-21-7-12-26(13-8-21)27-14-9-22(2)29(19-27)35-16-6-15-32(35,5)31-33-28-17-23(3)24(4)18-30(28)34(31)20-25-10-11-25/h7-9,12-13,17-18,25,27H,6,10-11,14-16,20H2,1-5H3/t27?,32-/m0/s1. The minimum absolute atomic E-state index is 0.123. The highest BCUT2D eigenvalue weighted by Gasteiger charge is 2.44. The number of rotatable bonds is 5. The zero-order valence-corrected chi connectivity index (χ0v) is 22.0. The Kier molecular flexibility index (Phi) is 5.43. The fourth-order valence-electron chi connectivity index (χ4n) is 6.13. The molecule has 3 nitrogen and oxygen atoms in total. The van der Waals surface area contributed by atoms with Gasteiger partial charge in [-0.05, 0) is 113 Å². The Morgan fingerprint density at radius 3 is 2.51 bits per heavy atom. The monoisotopic (exact) mass is 464 g/mol. The summed E-state index contributed by atoms with van der Waals surface area (Å²) in [5.41, 5.74) is 10.4. The molecule has 0 spiro atoms. The molecule has 1 radical (unpaired) electrons. The van der Waals surface area contributed by atoms with Crippen LogP contribution in [0.5, 0.6) is 0 Å². The van der Waals surface area contributed by atoms with Crippen molar-refractivity contribution in [2.24, 2.45) is 5.92 Å². The van der Waals surface area contributed by atoms with E-state index in [0.29, 0.717) is 5.92 Å². The second-order valence-corrected chi connectivity index (χ2v) is 11.5. The van der Waals surface area contributed by atoms with Gasteiger partial charge in [0, 0.05) is 24.7 Å². The van der Waals surface area contributed by atoms with E-state index < -0.39 is 0 Å². The Hall–Kier alpha value is -2.81. The molecule has 3 heteroatoms. The van der Waals surface area contributed by atoms with E-state index in [1.54, 1.807) is 0 Å². The molecule has 1 saturated carbocycles.